The Balaban J connectivity index is 1.67. The minimum absolute atomic E-state index is 0.180. The van der Waals surface area contributed by atoms with E-state index in [0.717, 1.165) is 16.0 Å². The molecule has 0 radical (unpaired) electrons. The van der Waals surface area contributed by atoms with E-state index in [1.807, 2.05) is 42.5 Å². The molecule has 1 heterocycles. The number of benzene rings is 3. The van der Waals surface area contributed by atoms with Crippen LogP contribution in [0.3, 0.4) is 0 Å². The number of carbonyl (C=O) groups is 2. The summed E-state index contributed by atoms with van der Waals surface area (Å²) < 4.78 is 23.7. The summed E-state index contributed by atoms with van der Waals surface area (Å²) in [5.41, 5.74) is 2.71. The molecule has 0 saturated carbocycles. The lowest BCUT2D eigenvalue weighted by Gasteiger charge is -2.31. The van der Waals surface area contributed by atoms with Gasteiger partial charge in [-0.1, -0.05) is 54.2 Å². The summed E-state index contributed by atoms with van der Waals surface area (Å²) in [5.74, 6) is -0.840. The number of nitrogens with zero attached hydrogens (tertiary/aromatic N) is 1. The first-order valence-corrected chi connectivity index (χ1v) is 11.8. The third kappa shape index (κ3) is 5.97. The standard InChI is InChI=1S/C27H25FN2O4S/c1-33-25(34-2)16-29-26(31)20-10-13-23-22(15-20)30(17-19-8-11-21(28)12-9-19)27(32)24(35-23)14-18-6-4-3-5-7-18/h3-15,25H,16-17H2,1-2H3,(H,29,31)/b24-14-. The van der Waals surface area contributed by atoms with Crippen LogP contribution in [0.1, 0.15) is 21.5 Å². The van der Waals surface area contributed by atoms with Crippen LogP contribution in [0.5, 0.6) is 0 Å². The van der Waals surface area contributed by atoms with Gasteiger partial charge in [-0.05, 0) is 47.5 Å². The van der Waals surface area contributed by atoms with Gasteiger partial charge in [0.2, 0.25) is 0 Å². The summed E-state index contributed by atoms with van der Waals surface area (Å²) in [6.07, 6.45) is 1.29. The summed E-state index contributed by atoms with van der Waals surface area (Å²) in [5, 5.41) is 2.78. The van der Waals surface area contributed by atoms with Crippen LogP contribution in [0.2, 0.25) is 0 Å². The highest BCUT2D eigenvalue weighted by molar-refractivity contribution is 8.04. The lowest BCUT2D eigenvalue weighted by atomic mass is 10.1. The summed E-state index contributed by atoms with van der Waals surface area (Å²) in [6, 6.07) is 20.9. The van der Waals surface area contributed by atoms with Crippen molar-refractivity contribution in [1.29, 1.82) is 0 Å². The van der Waals surface area contributed by atoms with E-state index < -0.39 is 6.29 Å². The van der Waals surface area contributed by atoms with Gasteiger partial charge in [0.1, 0.15) is 5.82 Å². The molecular weight excluding hydrogens is 467 g/mol. The fourth-order valence-corrected chi connectivity index (χ4v) is 4.66. The van der Waals surface area contributed by atoms with Gasteiger partial charge >= 0.3 is 0 Å². The van der Waals surface area contributed by atoms with Crippen molar-refractivity contribution in [2.75, 3.05) is 25.7 Å². The molecule has 0 aromatic heterocycles. The zero-order chi connectivity index (χ0) is 24.8. The zero-order valence-corrected chi connectivity index (χ0v) is 20.2. The highest BCUT2D eigenvalue weighted by Gasteiger charge is 2.30. The average molecular weight is 493 g/mol. The Morgan fingerprint density at radius 3 is 2.46 bits per heavy atom. The number of ether oxygens (including phenoxy) is 2. The molecule has 4 rings (SSSR count). The number of rotatable bonds is 8. The third-order valence-corrected chi connectivity index (χ3v) is 6.57. The Kier molecular flexibility index (Phi) is 7.97. The Bertz CT molecular complexity index is 1230. The maximum Gasteiger partial charge on any atom is 0.265 e. The van der Waals surface area contributed by atoms with Gasteiger partial charge in [0.15, 0.2) is 6.29 Å². The second-order valence-electron chi connectivity index (χ2n) is 7.83. The van der Waals surface area contributed by atoms with Crippen molar-refractivity contribution in [3.05, 3.63) is 100 Å². The second-order valence-corrected chi connectivity index (χ2v) is 8.92. The van der Waals surface area contributed by atoms with Crippen LogP contribution in [0.15, 0.2) is 82.6 Å². The van der Waals surface area contributed by atoms with Gasteiger partial charge in [-0.15, -0.1) is 0 Å². The summed E-state index contributed by atoms with van der Waals surface area (Å²) in [7, 11) is 2.99. The minimum atomic E-state index is -0.561. The number of hydrogen-bond acceptors (Lipinski definition) is 5. The number of nitrogens with one attached hydrogen (secondary N) is 1. The van der Waals surface area contributed by atoms with Crippen LogP contribution in [0.4, 0.5) is 10.1 Å². The predicted octanol–water partition coefficient (Wildman–Crippen LogP) is 4.85. The van der Waals surface area contributed by atoms with Crippen LogP contribution in [-0.4, -0.2) is 38.9 Å². The van der Waals surface area contributed by atoms with E-state index in [2.05, 4.69) is 5.32 Å². The molecule has 1 aliphatic rings. The first-order chi connectivity index (χ1) is 17.0. The number of methoxy groups -OCH3 is 2. The molecule has 8 heteroatoms. The molecule has 3 aromatic rings. The van der Waals surface area contributed by atoms with Crippen molar-refractivity contribution in [3.63, 3.8) is 0 Å². The lowest BCUT2D eigenvalue weighted by molar-refractivity contribution is -0.114. The number of hydrogen-bond donors (Lipinski definition) is 1. The molecule has 180 valence electrons. The second kappa shape index (κ2) is 11.3. The first-order valence-electron chi connectivity index (χ1n) is 11.0. The van der Waals surface area contributed by atoms with Crippen LogP contribution >= 0.6 is 11.8 Å². The van der Waals surface area contributed by atoms with Crippen molar-refractivity contribution in [2.24, 2.45) is 0 Å². The predicted molar refractivity (Wildman–Crippen MR) is 134 cm³/mol. The van der Waals surface area contributed by atoms with Gasteiger partial charge in [-0.3, -0.25) is 9.59 Å². The van der Waals surface area contributed by atoms with Crippen LogP contribution in [-0.2, 0) is 20.8 Å². The van der Waals surface area contributed by atoms with E-state index in [0.29, 0.717) is 16.2 Å². The fraction of sp³-hybridized carbons (Fsp3) is 0.185. The Hall–Kier alpha value is -3.46. The SMILES string of the molecule is COC(CNC(=O)c1ccc2c(c1)N(Cc1ccc(F)cc1)C(=O)/C(=C/c1ccccc1)S2)OC. The number of halogens is 1. The average Bonchev–Trinajstić information content (AvgIpc) is 2.88. The molecule has 0 fully saturated rings. The number of carbonyl (C=O) groups excluding carboxylic acids is 2. The maximum atomic E-state index is 13.6. The number of fused-ring (bicyclic) bond motifs is 1. The van der Waals surface area contributed by atoms with Crippen LogP contribution in [0.25, 0.3) is 6.08 Å². The number of anilines is 1. The van der Waals surface area contributed by atoms with Crippen molar-refractivity contribution in [1.82, 2.24) is 5.32 Å². The van der Waals surface area contributed by atoms with Crippen molar-refractivity contribution in [3.8, 4) is 0 Å². The Labute approximate surface area is 207 Å². The third-order valence-electron chi connectivity index (χ3n) is 5.49. The van der Waals surface area contributed by atoms with Crippen LogP contribution < -0.4 is 10.2 Å². The van der Waals surface area contributed by atoms with E-state index in [-0.39, 0.29) is 30.7 Å². The summed E-state index contributed by atoms with van der Waals surface area (Å²) in [6.45, 7) is 0.416. The van der Waals surface area contributed by atoms with Gasteiger partial charge in [0, 0.05) is 24.7 Å². The molecule has 3 aromatic carbocycles. The molecule has 2 amide bonds. The van der Waals surface area contributed by atoms with E-state index in [1.165, 1.54) is 38.1 Å². The highest BCUT2D eigenvalue weighted by atomic mass is 32.2. The molecule has 1 aliphatic heterocycles. The molecule has 35 heavy (non-hydrogen) atoms. The van der Waals surface area contributed by atoms with Gasteiger partial charge in [0.25, 0.3) is 11.8 Å². The van der Waals surface area contributed by atoms with Crippen LogP contribution in [0, 0.1) is 5.82 Å². The van der Waals surface area contributed by atoms with Crippen molar-refractivity contribution in [2.45, 2.75) is 17.7 Å². The molecule has 0 aliphatic carbocycles. The summed E-state index contributed by atoms with van der Waals surface area (Å²) in [4.78, 5) is 29.4. The monoisotopic (exact) mass is 492 g/mol. The topological polar surface area (TPSA) is 67.9 Å². The molecule has 1 N–H and O–H groups in total. The van der Waals surface area contributed by atoms with Gasteiger partial charge in [-0.25, -0.2) is 4.39 Å². The number of amides is 2. The van der Waals surface area contributed by atoms with E-state index in [1.54, 1.807) is 29.2 Å². The molecule has 0 spiro atoms. The first kappa shape index (κ1) is 24.7. The number of thioether (sulfide) groups is 1. The van der Waals surface area contributed by atoms with E-state index >= 15 is 0 Å². The van der Waals surface area contributed by atoms with Crippen molar-refractivity contribution < 1.29 is 23.5 Å². The van der Waals surface area contributed by atoms with Gasteiger partial charge in [-0.2, -0.15) is 0 Å². The molecular formula is C27H25FN2O4S. The molecule has 0 saturated heterocycles. The zero-order valence-electron chi connectivity index (χ0n) is 19.4. The molecule has 0 bridgehead atoms. The largest absolute Gasteiger partial charge is 0.354 e. The Morgan fingerprint density at radius 1 is 1.06 bits per heavy atom. The normalized spacial score (nSPS) is 14.3. The van der Waals surface area contributed by atoms with Crippen molar-refractivity contribution >= 4 is 35.3 Å². The minimum Gasteiger partial charge on any atom is -0.354 e. The molecule has 0 unspecified atom stereocenters. The lowest BCUT2D eigenvalue weighted by Crippen LogP contribution is -2.35. The fourth-order valence-electron chi connectivity index (χ4n) is 3.62. The quantitative estimate of drug-likeness (QED) is 0.360. The molecule has 6 nitrogen and oxygen atoms in total. The molecule has 0 atom stereocenters. The van der Waals surface area contributed by atoms with E-state index in [9.17, 15) is 14.0 Å². The van der Waals surface area contributed by atoms with Gasteiger partial charge in [0.05, 0.1) is 23.7 Å². The highest BCUT2D eigenvalue weighted by Crippen LogP contribution is 2.43. The van der Waals surface area contributed by atoms with Gasteiger partial charge < -0.3 is 19.7 Å². The van der Waals surface area contributed by atoms with E-state index in [4.69, 9.17) is 9.47 Å². The maximum absolute atomic E-state index is 13.6. The Morgan fingerprint density at radius 2 is 1.77 bits per heavy atom. The smallest absolute Gasteiger partial charge is 0.265 e. The summed E-state index contributed by atoms with van der Waals surface area (Å²) >= 11 is 1.36.